The maximum absolute atomic E-state index is 13.5. The van der Waals surface area contributed by atoms with Gasteiger partial charge in [0.2, 0.25) is 5.88 Å². The molecule has 4 rings (SSSR count). The van der Waals surface area contributed by atoms with Gasteiger partial charge in [-0.3, -0.25) is 9.79 Å². The van der Waals surface area contributed by atoms with Crippen LogP contribution in [0.1, 0.15) is 28.7 Å². The Bertz CT molecular complexity index is 1280. The smallest absolute Gasteiger partial charge is 0.255 e. The molecule has 188 valence electrons. The van der Waals surface area contributed by atoms with E-state index in [1.807, 2.05) is 49.7 Å². The Morgan fingerprint density at radius 2 is 2.14 bits per heavy atom. The first kappa shape index (κ1) is 25.5. The fraction of sp³-hybridized carbons (Fsp3) is 0.346. The van der Waals surface area contributed by atoms with Gasteiger partial charge in [-0.2, -0.15) is 0 Å². The van der Waals surface area contributed by atoms with Crippen LogP contribution in [-0.2, 0) is 11.2 Å². The fourth-order valence-electron chi connectivity index (χ4n) is 3.87. The number of allylic oxidation sites excluding steroid dienone is 3. The van der Waals surface area contributed by atoms with Crippen LogP contribution in [0.2, 0.25) is 0 Å². The van der Waals surface area contributed by atoms with Gasteiger partial charge in [0, 0.05) is 44.3 Å². The molecular formula is C26H30N6O3S. The lowest BCUT2D eigenvalue weighted by Crippen LogP contribution is -2.37. The van der Waals surface area contributed by atoms with Crippen LogP contribution in [-0.4, -0.2) is 79.5 Å². The molecule has 4 heterocycles. The van der Waals surface area contributed by atoms with Crippen molar-refractivity contribution >= 4 is 45.7 Å². The number of hydrogen-bond donors (Lipinski definition) is 0. The summed E-state index contributed by atoms with van der Waals surface area (Å²) in [6.07, 6.45) is 8.08. The first-order valence-electron chi connectivity index (χ1n) is 11.7. The van der Waals surface area contributed by atoms with Crippen molar-refractivity contribution in [1.82, 2.24) is 19.9 Å². The van der Waals surface area contributed by atoms with Crippen molar-refractivity contribution in [3.8, 4) is 5.88 Å². The summed E-state index contributed by atoms with van der Waals surface area (Å²) < 4.78 is 10.7. The molecule has 0 saturated carbocycles. The minimum atomic E-state index is -0.0693. The van der Waals surface area contributed by atoms with Gasteiger partial charge in [-0.25, -0.2) is 15.0 Å². The molecular weight excluding hydrogens is 476 g/mol. The lowest BCUT2D eigenvalue weighted by Gasteiger charge is -2.29. The standard InChI is InChI=1S/C26H30N6O3S/c1-5-6-7-20(27-2)23-29-24(32-12-14-35-15-13-32)22-19(17-36-25(22)30-23)26(33)31(3)11-10-18-8-9-21(34-4)28-16-18/h5-9,16-17H,2,10-15H2,1,3-4H3/b6-5-,20-7-. The van der Waals surface area contributed by atoms with E-state index in [2.05, 4.69) is 21.6 Å². The normalized spacial score (nSPS) is 14.4. The van der Waals surface area contributed by atoms with Gasteiger partial charge < -0.3 is 19.3 Å². The van der Waals surface area contributed by atoms with Gasteiger partial charge in [-0.1, -0.05) is 18.2 Å². The van der Waals surface area contributed by atoms with Crippen molar-refractivity contribution in [2.24, 2.45) is 4.99 Å². The van der Waals surface area contributed by atoms with Crippen molar-refractivity contribution < 1.29 is 14.3 Å². The number of fused-ring (bicyclic) bond motifs is 1. The maximum Gasteiger partial charge on any atom is 0.255 e. The number of ether oxygens (including phenoxy) is 2. The number of amides is 1. The Balaban J connectivity index is 1.66. The molecule has 1 amide bonds. The number of hydrogen-bond acceptors (Lipinski definition) is 9. The van der Waals surface area contributed by atoms with Crippen LogP contribution < -0.4 is 9.64 Å². The average Bonchev–Trinajstić information content (AvgIpc) is 3.36. The molecule has 3 aromatic rings. The third-order valence-electron chi connectivity index (χ3n) is 5.89. The third kappa shape index (κ3) is 5.60. The van der Waals surface area contributed by atoms with Crippen LogP contribution in [0.4, 0.5) is 5.82 Å². The maximum atomic E-state index is 13.5. The van der Waals surface area contributed by atoms with Crippen molar-refractivity contribution in [1.29, 1.82) is 0 Å². The van der Waals surface area contributed by atoms with Crippen molar-refractivity contribution in [2.75, 3.05) is 51.9 Å². The Morgan fingerprint density at radius 3 is 2.81 bits per heavy atom. The van der Waals surface area contributed by atoms with Gasteiger partial charge in [0.05, 0.1) is 31.3 Å². The van der Waals surface area contributed by atoms with Gasteiger partial charge in [0.1, 0.15) is 16.3 Å². The number of nitrogens with zero attached hydrogens (tertiary/aromatic N) is 6. The van der Waals surface area contributed by atoms with Crippen LogP contribution in [0, 0.1) is 0 Å². The van der Waals surface area contributed by atoms with Gasteiger partial charge >= 0.3 is 0 Å². The quantitative estimate of drug-likeness (QED) is 0.321. The van der Waals surface area contributed by atoms with E-state index in [0.29, 0.717) is 62.2 Å². The monoisotopic (exact) mass is 506 g/mol. The number of anilines is 1. The summed E-state index contributed by atoms with van der Waals surface area (Å²) in [5.41, 5.74) is 2.21. The minimum Gasteiger partial charge on any atom is -0.481 e. The number of methoxy groups -OCH3 is 1. The largest absolute Gasteiger partial charge is 0.481 e. The van der Waals surface area contributed by atoms with Crippen molar-refractivity contribution in [3.63, 3.8) is 0 Å². The number of likely N-dealkylation sites (N-methyl/N-ethyl adjacent to an activating group) is 1. The number of carbonyl (C=O) groups is 1. The molecule has 9 nitrogen and oxygen atoms in total. The lowest BCUT2D eigenvalue weighted by molar-refractivity contribution is 0.0799. The molecule has 3 aromatic heterocycles. The van der Waals surface area contributed by atoms with Gasteiger partial charge in [-0.15, -0.1) is 11.3 Å². The molecule has 1 saturated heterocycles. The highest BCUT2D eigenvalue weighted by molar-refractivity contribution is 7.17. The van der Waals surface area contributed by atoms with Crippen LogP contribution in [0.5, 0.6) is 5.88 Å². The number of carbonyl (C=O) groups excluding carboxylic acids is 1. The summed E-state index contributed by atoms with van der Waals surface area (Å²) in [5.74, 6) is 1.71. The van der Waals surface area contributed by atoms with Crippen molar-refractivity contribution in [2.45, 2.75) is 13.3 Å². The second-order valence-corrected chi connectivity index (χ2v) is 9.08. The van der Waals surface area contributed by atoms with Crippen molar-refractivity contribution in [3.05, 3.63) is 58.9 Å². The zero-order valence-electron chi connectivity index (χ0n) is 20.8. The number of aliphatic imine (C=N–C) groups is 1. The van der Waals surface area contributed by atoms with Crippen LogP contribution >= 0.6 is 11.3 Å². The summed E-state index contributed by atoms with van der Waals surface area (Å²) in [6.45, 7) is 8.74. The zero-order valence-corrected chi connectivity index (χ0v) is 21.6. The Labute approximate surface area is 214 Å². The highest BCUT2D eigenvalue weighted by Gasteiger charge is 2.25. The second kappa shape index (κ2) is 11.9. The number of aromatic nitrogens is 3. The van der Waals surface area contributed by atoms with Gasteiger partial charge in [0.25, 0.3) is 5.91 Å². The van der Waals surface area contributed by atoms with E-state index in [4.69, 9.17) is 19.4 Å². The van der Waals surface area contributed by atoms with Crippen LogP contribution in [0.15, 0.2) is 46.9 Å². The van der Waals surface area contributed by atoms with E-state index < -0.39 is 0 Å². The summed E-state index contributed by atoms with van der Waals surface area (Å²) >= 11 is 1.43. The zero-order chi connectivity index (χ0) is 25.5. The fourth-order valence-corrected chi connectivity index (χ4v) is 4.77. The lowest BCUT2D eigenvalue weighted by atomic mass is 10.1. The molecule has 36 heavy (non-hydrogen) atoms. The van der Waals surface area contributed by atoms with Crippen LogP contribution in [0.3, 0.4) is 0 Å². The van der Waals surface area contributed by atoms with E-state index in [1.54, 1.807) is 18.2 Å². The molecule has 0 bridgehead atoms. The van der Waals surface area contributed by atoms with E-state index in [0.717, 1.165) is 21.6 Å². The van der Waals surface area contributed by atoms with E-state index >= 15 is 0 Å². The predicted molar refractivity (Wildman–Crippen MR) is 144 cm³/mol. The molecule has 10 heteroatoms. The van der Waals surface area contributed by atoms with Gasteiger partial charge in [0.15, 0.2) is 5.82 Å². The third-order valence-corrected chi connectivity index (χ3v) is 6.76. The topological polar surface area (TPSA) is 93.0 Å². The molecule has 0 spiro atoms. The highest BCUT2D eigenvalue weighted by atomic mass is 32.1. The summed E-state index contributed by atoms with van der Waals surface area (Å²) in [5, 5.41) is 2.64. The molecule has 0 atom stereocenters. The molecule has 0 radical (unpaired) electrons. The Hall–Kier alpha value is -3.63. The number of thiophene rings is 1. The molecule has 0 N–H and O–H groups in total. The molecule has 0 aromatic carbocycles. The van der Waals surface area contributed by atoms with E-state index in [-0.39, 0.29) is 5.91 Å². The Kier molecular flexibility index (Phi) is 8.40. The number of rotatable bonds is 9. The first-order valence-corrected chi connectivity index (χ1v) is 12.6. The molecule has 0 aliphatic carbocycles. The van der Waals surface area contributed by atoms with Crippen LogP contribution in [0.25, 0.3) is 15.9 Å². The molecule has 1 aliphatic heterocycles. The second-order valence-electron chi connectivity index (χ2n) is 8.22. The minimum absolute atomic E-state index is 0.0693. The molecule has 1 aliphatic rings. The summed E-state index contributed by atoms with van der Waals surface area (Å²) in [6, 6.07) is 3.78. The SMILES string of the molecule is C=N/C(=C\C=C/C)c1nc(N2CCOCC2)c2c(C(=O)N(C)CCc3ccc(OC)nc3)csc2n1. The molecule has 0 unspecified atom stereocenters. The number of morpholine rings is 1. The van der Waals surface area contributed by atoms with E-state index in [9.17, 15) is 4.79 Å². The molecule has 1 fully saturated rings. The summed E-state index contributed by atoms with van der Waals surface area (Å²) in [7, 11) is 3.40. The average molecular weight is 507 g/mol. The number of pyridine rings is 1. The first-order chi connectivity index (χ1) is 17.5. The Morgan fingerprint density at radius 1 is 1.33 bits per heavy atom. The van der Waals surface area contributed by atoms with Gasteiger partial charge in [-0.05, 0) is 31.7 Å². The van der Waals surface area contributed by atoms with E-state index in [1.165, 1.54) is 11.3 Å². The summed E-state index contributed by atoms with van der Waals surface area (Å²) in [4.78, 5) is 36.2. The predicted octanol–water partition coefficient (Wildman–Crippen LogP) is 3.86. The highest BCUT2D eigenvalue weighted by Crippen LogP contribution is 2.34.